The number of fused-ring (bicyclic) bond motifs is 2. The molecule has 3 aromatic rings. The third-order valence-corrected chi connectivity index (χ3v) is 6.82. The summed E-state index contributed by atoms with van der Waals surface area (Å²) in [6.45, 7) is 0.378. The molecule has 0 radical (unpaired) electrons. The second kappa shape index (κ2) is 6.45. The summed E-state index contributed by atoms with van der Waals surface area (Å²) in [4.78, 5) is 44.0. The Hall–Kier alpha value is -3.13. The largest absolute Gasteiger partial charge is 0.333 e. The molecular weight excluding hydrogens is 393 g/mol. The fraction of sp³-hybridized carbons (Fsp3) is 0.238. The number of imide groups is 1. The first-order valence-corrected chi connectivity index (χ1v) is 10.1. The third kappa shape index (κ3) is 2.82. The fourth-order valence-corrected chi connectivity index (χ4v) is 5.21. The van der Waals surface area contributed by atoms with Crippen molar-refractivity contribution in [3.8, 4) is 0 Å². The molecule has 2 aliphatic rings. The van der Waals surface area contributed by atoms with Gasteiger partial charge in [-0.25, -0.2) is 9.37 Å². The lowest BCUT2D eigenvalue weighted by molar-refractivity contribution is -0.138. The quantitative estimate of drug-likeness (QED) is 0.675. The van der Waals surface area contributed by atoms with E-state index in [0.29, 0.717) is 17.1 Å². The highest BCUT2D eigenvalue weighted by Gasteiger charge is 2.49. The van der Waals surface area contributed by atoms with E-state index in [9.17, 15) is 18.8 Å². The number of amides is 3. The van der Waals surface area contributed by atoms with Crippen LogP contribution in [0.4, 0.5) is 4.39 Å². The van der Waals surface area contributed by atoms with Crippen molar-refractivity contribution in [3.63, 3.8) is 0 Å². The molecule has 1 fully saturated rings. The monoisotopic (exact) mass is 409 g/mol. The van der Waals surface area contributed by atoms with Crippen LogP contribution in [-0.4, -0.2) is 34.2 Å². The molecule has 29 heavy (non-hydrogen) atoms. The van der Waals surface area contributed by atoms with Crippen LogP contribution in [0.25, 0.3) is 10.2 Å². The second-order valence-electron chi connectivity index (χ2n) is 7.41. The Morgan fingerprint density at radius 1 is 1.17 bits per heavy atom. The fourth-order valence-electron chi connectivity index (χ4n) is 4.04. The minimum atomic E-state index is -1.12. The number of hydrogen-bond acceptors (Lipinski definition) is 5. The van der Waals surface area contributed by atoms with Gasteiger partial charge in [-0.2, -0.15) is 0 Å². The van der Waals surface area contributed by atoms with Gasteiger partial charge in [0.15, 0.2) is 0 Å². The first-order valence-electron chi connectivity index (χ1n) is 9.24. The predicted molar refractivity (Wildman–Crippen MR) is 105 cm³/mol. The maximum Gasteiger partial charge on any atom is 0.254 e. The van der Waals surface area contributed by atoms with Gasteiger partial charge in [0.25, 0.3) is 5.91 Å². The molecule has 0 saturated carbocycles. The van der Waals surface area contributed by atoms with E-state index in [-0.39, 0.29) is 31.2 Å². The van der Waals surface area contributed by atoms with Crippen LogP contribution in [0.1, 0.15) is 33.8 Å². The number of nitrogens with zero attached hydrogens (tertiary/aromatic N) is 2. The minimum Gasteiger partial charge on any atom is -0.333 e. The molecule has 146 valence electrons. The van der Waals surface area contributed by atoms with Gasteiger partial charge >= 0.3 is 0 Å². The number of carbonyl (C=O) groups excluding carboxylic acids is 3. The Morgan fingerprint density at radius 3 is 2.79 bits per heavy atom. The van der Waals surface area contributed by atoms with Gasteiger partial charge in [-0.1, -0.05) is 18.2 Å². The zero-order valence-corrected chi connectivity index (χ0v) is 16.1. The minimum absolute atomic E-state index is 0.0844. The van der Waals surface area contributed by atoms with Crippen molar-refractivity contribution in [3.05, 3.63) is 64.4 Å². The average Bonchev–Trinajstić information content (AvgIpc) is 3.26. The van der Waals surface area contributed by atoms with Crippen molar-refractivity contribution in [1.82, 2.24) is 15.2 Å². The number of nitrogens with one attached hydrogen (secondary N) is 1. The van der Waals surface area contributed by atoms with Crippen molar-refractivity contribution in [1.29, 1.82) is 0 Å². The molecule has 3 amide bonds. The Labute approximate surface area is 169 Å². The molecule has 2 aliphatic heterocycles. The third-order valence-electron chi connectivity index (χ3n) is 5.58. The van der Waals surface area contributed by atoms with Gasteiger partial charge in [0, 0.05) is 25.1 Å². The topological polar surface area (TPSA) is 79.4 Å². The highest BCUT2D eigenvalue weighted by molar-refractivity contribution is 7.18. The van der Waals surface area contributed by atoms with Gasteiger partial charge in [-0.3, -0.25) is 19.7 Å². The van der Waals surface area contributed by atoms with E-state index in [1.807, 2.05) is 24.3 Å². The molecule has 1 N–H and O–H groups in total. The number of rotatable bonds is 3. The smallest absolute Gasteiger partial charge is 0.254 e. The van der Waals surface area contributed by atoms with E-state index in [2.05, 4.69) is 10.3 Å². The van der Waals surface area contributed by atoms with E-state index in [0.717, 1.165) is 15.8 Å². The van der Waals surface area contributed by atoms with Crippen LogP contribution in [0.5, 0.6) is 0 Å². The summed E-state index contributed by atoms with van der Waals surface area (Å²) in [6.07, 6.45) is 0.442. The molecule has 0 aliphatic carbocycles. The first-order chi connectivity index (χ1) is 14.0. The standard InChI is InChI=1S/C21H16FN3O3S/c22-13-6-5-12-10-25(18(27)14(12)9-13)11-21(8-7-17(26)24-19(21)28)20-23-15-3-1-2-4-16(15)29-20/h1-6,9H,7-8,10-11H2,(H,24,26,28)/t21-/m1/s1. The van der Waals surface area contributed by atoms with Gasteiger partial charge in [0.2, 0.25) is 11.8 Å². The highest BCUT2D eigenvalue weighted by Crippen LogP contribution is 2.39. The molecule has 1 saturated heterocycles. The summed E-state index contributed by atoms with van der Waals surface area (Å²) < 4.78 is 14.5. The Bertz CT molecular complexity index is 1160. The van der Waals surface area contributed by atoms with Gasteiger partial charge in [-0.15, -0.1) is 11.3 Å². The van der Waals surface area contributed by atoms with Gasteiger partial charge in [0.1, 0.15) is 16.2 Å². The van der Waals surface area contributed by atoms with Crippen LogP contribution >= 0.6 is 11.3 Å². The van der Waals surface area contributed by atoms with E-state index in [1.54, 1.807) is 11.0 Å². The molecule has 2 aromatic carbocycles. The Kier molecular flexibility index (Phi) is 3.99. The van der Waals surface area contributed by atoms with Crippen LogP contribution in [-0.2, 0) is 21.5 Å². The summed E-state index contributed by atoms with van der Waals surface area (Å²) >= 11 is 1.40. The van der Waals surface area contributed by atoms with Crippen molar-refractivity contribution in [2.75, 3.05) is 6.54 Å². The van der Waals surface area contributed by atoms with E-state index >= 15 is 0 Å². The maximum absolute atomic E-state index is 13.6. The molecule has 0 bridgehead atoms. The Balaban J connectivity index is 1.56. The Morgan fingerprint density at radius 2 is 2.00 bits per heavy atom. The van der Waals surface area contributed by atoms with Crippen molar-refractivity contribution in [2.24, 2.45) is 0 Å². The number of piperidine rings is 1. The van der Waals surface area contributed by atoms with Gasteiger partial charge in [0.05, 0.1) is 10.2 Å². The highest BCUT2D eigenvalue weighted by atomic mass is 32.1. The summed E-state index contributed by atoms with van der Waals surface area (Å²) in [5.41, 5.74) is 0.697. The van der Waals surface area contributed by atoms with Crippen molar-refractivity contribution >= 4 is 39.3 Å². The van der Waals surface area contributed by atoms with E-state index < -0.39 is 17.1 Å². The van der Waals surface area contributed by atoms with Crippen LogP contribution < -0.4 is 5.32 Å². The zero-order valence-electron chi connectivity index (χ0n) is 15.3. The van der Waals surface area contributed by atoms with Crippen LogP contribution in [0.2, 0.25) is 0 Å². The van der Waals surface area contributed by atoms with Gasteiger partial charge < -0.3 is 4.90 Å². The maximum atomic E-state index is 13.6. The predicted octanol–water partition coefficient (Wildman–Crippen LogP) is 2.77. The molecule has 3 heterocycles. The van der Waals surface area contributed by atoms with E-state index in [1.165, 1.54) is 23.5 Å². The summed E-state index contributed by atoms with van der Waals surface area (Å²) in [5.74, 6) is -1.56. The lowest BCUT2D eigenvalue weighted by atomic mass is 9.79. The number of hydrogen-bond donors (Lipinski definition) is 1. The van der Waals surface area contributed by atoms with Gasteiger partial charge in [-0.05, 0) is 36.2 Å². The summed E-state index contributed by atoms with van der Waals surface area (Å²) in [5, 5.41) is 3.01. The average molecular weight is 409 g/mol. The molecule has 0 spiro atoms. The second-order valence-corrected chi connectivity index (χ2v) is 8.44. The molecule has 0 unspecified atom stereocenters. The number of benzene rings is 2. The number of para-hydroxylation sites is 1. The molecule has 8 heteroatoms. The van der Waals surface area contributed by atoms with Crippen molar-refractivity contribution < 1.29 is 18.8 Å². The number of carbonyl (C=O) groups is 3. The lowest BCUT2D eigenvalue weighted by Gasteiger charge is -2.36. The number of aromatic nitrogens is 1. The van der Waals surface area contributed by atoms with Crippen LogP contribution in [0.3, 0.4) is 0 Å². The van der Waals surface area contributed by atoms with Crippen LogP contribution in [0.15, 0.2) is 42.5 Å². The van der Waals surface area contributed by atoms with E-state index in [4.69, 9.17) is 0 Å². The molecular formula is C21H16FN3O3S. The molecule has 6 nitrogen and oxygen atoms in total. The first kappa shape index (κ1) is 17.9. The summed E-state index contributed by atoms with van der Waals surface area (Å²) in [6, 6.07) is 11.7. The molecule has 1 atom stereocenters. The SMILES string of the molecule is O=C1CC[C@](CN2Cc3ccc(F)cc3C2=O)(c2nc3ccccc3s2)C(=O)N1. The number of halogens is 1. The summed E-state index contributed by atoms with van der Waals surface area (Å²) in [7, 11) is 0. The molecule has 1 aromatic heterocycles. The molecule has 5 rings (SSSR count). The lowest BCUT2D eigenvalue weighted by Crippen LogP contribution is -2.56. The van der Waals surface area contributed by atoms with Crippen molar-refractivity contribution in [2.45, 2.75) is 24.8 Å². The number of thiazole rings is 1. The zero-order chi connectivity index (χ0) is 20.2. The van der Waals surface area contributed by atoms with Crippen LogP contribution in [0, 0.1) is 5.82 Å². The normalized spacial score (nSPS) is 21.6.